The third-order valence-electron chi connectivity index (χ3n) is 3.01. The van der Waals surface area contributed by atoms with E-state index in [1.807, 2.05) is 4.90 Å². The van der Waals surface area contributed by atoms with Crippen LogP contribution in [0.3, 0.4) is 0 Å². The molecule has 0 amide bonds. The molecule has 0 aromatic heterocycles. The number of allylic oxidation sites excluding steroid dienone is 1. The van der Waals surface area contributed by atoms with Crippen molar-refractivity contribution in [3.63, 3.8) is 0 Å². The largest absolute Gasteiger partial charge is 0.416 e. The second-order valence-corrected chi connectivity index (χ2v) is 5.21. The van der Waals surface area contributed by atoms with E-state index in [9.17, 15) is 22.8 Å². The molecule has 0 saturated heterocycles. The number of alkyl halides is 3. The van der Waals surface area contributed by atoms with E-state index in [1.54, 1.807) is 14.1 Å². The van der Waals surface area contributed by atoms with Gasteiger partial charge < -0.3 is 4.90 Å². The minimum Gasteiger partial charge on any atom is -0.309 e. The fourth-order valence-electron chi connectivity index (χ4n) is 1.77. The Balaban J connectivity index is 2.99. The molecule has 0 saturated carbocycles. The normalized spacial score (nSPS) is 12.6. The number of hydrogen-bond acceptors (Lipinski definition) is 3. The highest BCUT2D eigenvalue weighted by molar-refractivity contribution is 6.22. The third kappa shape index (κ3) is 5.44. The number of ketones is 2. The lowest BCUT2D eigenvalue weighted by Gasteiger charge is -2.09. The lowest BCUT2D eigenvalue weighted by molar-refractivity contribution is -0.137. The number of halogens is 3. The van der Waals surface area contributed by atoms with E-state index in [0.29, 0.717) is 12.1 Å². The number of rotatable bonds is 6. The summed E-state index contributed by atoms with van der Waals surface area (Å²) in [5, 5.41) is 0. The van der Waals surface area contributed by atoms with Crippen molar-refractivity contribution < 1.29 is 22.8 Å². The summed E-state index contributed by atoms with van der Waals surface area (Å²) < 4.78 is 37.5. The first-order valence-electron chi connectivity index (χ1n) is 6.69. The van der Waals surface area contributed by atoms with Gasteiger partial charge in [0, 0.05) is 13.0 Å². The number of nitrogens with zero attached hydrogens (tertiary/aromatic N) is 1. The molecule has 0 aliphatic carbocycles. The summed E-state index contributed by atoms with van der Waals surface area (Å²) in [6.07, 6.45) is -2.90. The van der Waals surface area contributed by atoms with E-state index in [-0.39, 0.29) is 17.8 Å². The molecule has 0 heterocycles. The Bertz CT molecular complexity index is 572. The van der Waals surface area contributed by atoms with Gasteiger partial charge in [-0.25, -0.2) is 0 Å². The van der Waals surface area contributed by atoms with Crippen molar-refractivity contribution in [2.75, 3.05) is 20.6 Å². The first-order valence-corrected chi connectivity index (χ1v) is 6.69. The van der Waals surface area contributed by atoms with E-state index < -0.39 is 17.5 Å². The van der Waals surface area contributed by atoms with Gasteiger partial charge in [-0.1, -0.05) is 12.1 Å². The first-order chi connectivity index (χ1) is 10.1. The van der Waals surface area contributed by atoms with Crippen molar-refractivity contribution in [3.8, 4) is 0 Å². The van der Waals surface area contributed by atoms with Gasteiger partial charge in [-0.3, -0.25) is 9.59 Å². The molecule has 0 fully saturated rings. The van der Waals surface area contributed by atoms with Crippen molar-refractivity contribution in [1.29, 1.82) is 0 Å². The van der Waals surface area contributed by atoms with Crippen LogP contribution in [0.1, 0.15) is 24.5 Å². The molecule has 0 radical (unpaired) electrons. The standard InChI is InChI=1S/C16H18F3NO2/c1-11(21)14(15(22)8-9-20(2)3)10-12-4-6-13(7-5-12)16(17,18)19/h4-7,10H,8-9H2,1-3H3/b14-10-. The third-order valence-corrected chi connectivity index (χ3v) is 3.01. The predicted octanol–water partition coefficient (Wildman–Crippen LogP) is 3.20. The average molecular weight is 313 g/mol. The van der Waals surface area contributed by atoms with Crippen LogP contribution in [0.25, 0.3) is 6.08 Å². The van der Waals surface area contributed by atoms with E-state index in [0.717, 1.165) is 12.1 Å². The van der Waals surface area contributed by atoms with Crippen LogP contribution >= 0.6 is 0 Å². The quantitative estimate of drug-likeness (QED) is 0.460. The molecule has 0 N–H and O–H groups in total. The van der Waals surface area contributed by atoms with Gasteiger partial charge in [-0.2, -0.15) is 13.2 Å². The molecule has 22 heavy (non-hydrogen) atoms. The summed E-state index contributed by atoms with van der Waals surface area (Å²) >= 11 is 0. The molecule has 0 aliphatic rings. The van der Waals surface area contributed by atoms with Crippen LogP contribution in [0.4, 0.5) is 13.2 Å². The minimum absolute atomic E-state index is 0.00149. The van der Waals surface area contributed by atoms with E-state index in [1.165, 1.54) is 25.1 Å². The smallest absolute Gasteiger partial charge is 0.309 e. The Morgan fingerprint density at radius 2 is 1.68 bits per heavy atom. The monoisotopic (exact) mass is 313 g/mol. The van der Waals surface area contributed by atoms with E-state index in [4.69, 9.17) is 0 Å². The Hall–Kier alpha value is -1.95. The zero-order valence-electron chi connectivity index (χ0n) is 12.7. The lowest BCUT2D eigenvalue weighted by atomic mass is 10.0. The van der Waals surface area contributed by atoms with Crippen LogP contribution in [0.2, 0.25) is 0 Å². The highest BCUT2D eigenvalue weighted by Gasteiger charge is 2.29. The van der Waals surface area contributed by atoms with E-state index >= 15 is 0 Å². The summed E-state index contributed by atoms with van der Waals surface area (Å²) in [6, 6.07) is 4.33. The zero-order chi connectivity index (χ0) is 16.9. The molecule has 1 rings (SSSR count). The van der Waals surface area contributed by atoms with Gasteiger partial charge in [0.25, 0.3) is 0 Å². The molecular formula is C16H18F3NO2. The predicted molar refractivity (Wildman–Crippen MR) is 78.3 cm³/mol. The number of Topliss-reactive ketones (excluding diaryl/α,β-unsaturated/α-hetero) is 2. The van der Waals surface area contributed by atoms with Crippen molar-refractivity contribution in [2.45, 2.75) is 19.5 Å². The summed E-state index contributed by atoms with van der Waals surface area (Å²) in [5.74, 6) is -0.718. The summed E-state index contributed by atoms with van der Waals surface area (Å²) in [5.41, 5.74) is -0.383. The molecule has 1 aromatic carbocycles. The SMILES string of the molecule is CC(=O)/C(=C/c1ccc(C(F)(F)F)cc1)C(=O)CCN(C)C. The van der Waals surface area contributed by atoms with Gasteiger partial charge in [0.2, 0.25) is 0 Å². The Labute approximate surface area is 127 Å². The van der Waals surface area contributed by atoms with Crippen molar-refractivity contribution in [3.05, 3.63) is 41.0 Å². The molecule has 0 bridgehead atoms. The van der Waals surface area contributed by atoms with Crippen molar-refractivity contribution >= 4 is 17.6 Å². The van der Waals surface area contributed by atoms with Crippen molar-refractivity contribution in [1.82, 2.24) is 4.90 Å². The van der Waals surface area contributed by atoms with Crippen LogP contribution in [-0.2, 0) is 15.8 Å². The van der Waals surface area contributed by atoms with Crippen molar-refractivity contribution in [2.24, 2.45) is 0 Å². The number of benzene rings is 1. The maximum Gasteiger partial charge on any atom is 0.416 e. The lowest BCUT2D eigenvalue weighted by Crippen LogP contribution is -2.19. The molecule has 0 spiro atoms. The summed E-state index contributed by atoms with van der Waals surface area (Å²) in [4.78, 5) is 25.4. The second-order valence-electron chi connectivity index (χ2n) is 5.21. The molecule has 1 aromatic rings. The van der Waals surface area contributed by atoms with Crippen LogP contribution in [-0.4, -0.2) is 37.1 Å². The highest BCUT2D eigenvalue weighted by Crippen LogP contribution is 2.29. The molecule has 3 nitrogen and oxygen atoms in total. The average Bonchev–Trinajstić information content (AvgIpc) is 2.41. The fraction of sp³-hybridized carbons (Fsp3) is 0.375. The van der Waals surface area contributed by atoms with E-state index in [2.05, 4.69) is 0 Å². The van der Waals surface area contributed by atoms with Gasteiger partial charge in [0.15, 0.2) is 11.6 Å². The first kappa shape index (κ1) is 18.1. The summed E-state index contributed by atoms with van der Waals surface area (Å²) in [6.45, 7) is 1.76. The zero-order valence-corrected chi connectivity index (χ0v) is 12.7. The molecule has 0 unspecified atom stereocenters. The highest BCUT2D eigenvalue weighted by atomic mass is 19.4. The number of carbonyl (C=O) groups excluding carboxylic acids is 2. The maximum absolute atomic E-state index is 12.5. The Kier molecular flexibility index (Phi) is 6.05. The Morgan fingerprint density at radius 1 is 1.14 bits per heavy atom. The Morgan fingerprint density at radius 3 is 2.09 bits per heavy atom. The van der Waals surface area contributed by atoms with Crippen LogP contribution < -0.4 is 0 Å². The van der Waals surface area contributed by atoms with Crippen LogP contribution in [0.15, 0.2) is 29.8 Å². The number of carbonyl (C=O) groups is 2. The van der Waals surface area contributed by atoms with Crippen LogP contribution in [0, 0.1) is 0 Å². The molecule has 0 aliphatic heterocycles. The van der Waals surface area contributed by atoms with Crippen LogP contribution in [0.5, 0.6) is 0 Å². The van der Waals surface area contributed by atoms with Gasteiger partial charge >= 0.3 is 6.18 Å². The molecular weight excluding hydrogens is 295 g/mol. The van der Waals surface area contributed by atoms with Gasteiger partial charge in [0.05, 0.1) is 11.1 Å². The topological polar surface area (TPSA) is 37.4 Å². The number of hydrogen-bond donors (Lipinski definition) is 0. The molecule has 120 valence electrons. The van der Waals surface area contributed by atoms with Gasteiger partial charge in [-0.15, -0.1) is 0 Å². The van der Waals surface area contributed by atoms with Gasteiger partial charge in [0.1, 0.15) is 0 Å². The molecule has 6 heteroatoms. The summed E-state index contributed by atoms with van der Waals surface area (Å²) in [7, 11) is 3.61. The van der Waals surface area contributed by atoms with Gasteiger partial charge in [-0.05, 0) is 44.8 Å². The minimum atomic E-state index is -4.41. The second kappa shape index (κ2) is 7.35. The molecule has 0 atom stereocenters. The maximum atomic E-state index is 12.5. The fourth-order valence-corrected chi connectivity index (χ4v) is 1.77.